The van der Waals surface area contributed by atoms with Crippen molar-refractivity contribution in [3.63, 3.8) is 0 Å². The van der Waals surface area contributed by atoms with E-state index >= 15 is 0 Å². The van der Waals surface area contributed by atoms with Crippen LogP contribution in [0, 0.1) is 11.8 Å². The summed E-state index contributed by atoms with van der Waals surface area (Å²) in [5.74, 6) is 1.06. The summed E-state index contributed by atoms with van der Waals surface area (Å²) >= 11 is 0. The van der Waals surface area contributed by atoms with Crippen LogP contribution in [0.1, 0.15) is 194 Å². The summed E-state index contributed by atoms with van der Waals surface area (Å²) in [6, 6.07) is 0.675. The lowest BCUT2D eigenvalue weighted by Crippen LogP contribution is -2.43. The van der Waals surface area contributed by atoms with Crippen LogP contribution in [-0.4, -0.2) is 43.0 Å². The van der Waals surface area contributed by atoms with E-state index in [-0.39, 0.29) is 5.79 Å². The Morgan fingerprint density at radius 1 is 0.490 bits per heavy atom. The number of hydrogen-bond donors (Lipinski definition) is 0. The Kier molecular flexibility index (Phi) is 22.9. The first-order valence-electron chi connectivity index (χ1n) is 21.7. The van der Waals surface area contributed by atoms with Crippen molar-refractivity contribution in [3.8, 4) is 0 Å². The second kappa shape index (κ2) is 26.6. The van der Waals surface area contributed by atoms with Gasteiger partial charge in [-0.25, -0.2) is 0 Å². The van der Waals surface area contributed by atoms with E-state index in [0.29, 0.717) is 30.1 Å². The lowest BCUT2D eigenvalue weighted by Gasteiger charge is -2.33. The molecule has 5 unspecified atom stereocenters. The van der Waals surface area contributed by atoms with Crippen molar-refractivity contribution >= 4 is 0 Å². The van der Waals surface area contributed by atoms with E-state index in [4.69, 9.17) is 9.47 Å². The predicted octanol–water partition coefficient (Wildman–Crippen LogP) is 13.8. The van der Waals surface area contributed by atoms with Gasteiger partial charge in [-0.3, -0.25) is 0 Å². The summed E-state index contributed by atoms with van der Waals surface area (Å²) in [5, 5.41) is 0. The van der Waals surface area contributed by atoms with Crippen molar-refractivity contribution in [3.05, 3.63) is 48.6 Å². The Labute approximate surface area is 305 Å². The molecule has 49 heavy (non-hydrogen) atoms. The van der Waals surface area contributed by atoms with Crippen molar-refractivity contribution < 1.29 is 9.47 Å². The van der Waals surface area contributed by atoms with Crippen LogP contribution in [0.3, 0.4) is 0 Å². The standard InChI is InChI=1S/C46H81NO2/c1-5-7-9-11-13-15-17-19-21-23-25-27-29-31-33-35-37-46(48-44-41-39-42(45(44)49-46)43(40-41)47(3)4)38-36-34-32-30-28-26-24-22-20-18-16-14-12-10-8-6-2/h13-16,19-22,41-45H,5-12,17-18,23-40H2,1-4H3. The molecule has 282 valence electrons. The van der Waals surface area contributed by atoms with Crippen LogP contribution in [0.25, 0.3) is 0 Å². The molecule has 3 fully saturated rings. The fourth-order valence-corrected chi connectivity index (χ4v) is 8.78. The van der Waals surface area contributed by atoms with Crippen LogP contribution in [0.2, 0.25) is 0 Å². The number of ether oxygens (including phenoxy) is 2. The van der Waals surface area contributed by atoms with E-state index in [1.165, 1.54) is 154 Å². The summed E-state index contributed by atoms with van der Waals surface area (Å²) < 4.78 is 14.1. The Balaban J connectivity index is 1.27. The highest BCUT2D eigenvalue weighted by atomic mass is 16.8. The van der Waals surface area contributed by atoms with Crippen LogP contribution in [0.5, 0.6) is 0 Å². The first kappa shape index (κ1) is 42.3. The van der Waals surface area contributed by atoms with Gasteiger partial charge in [0.15, 0.2) is 5.79 Å². The molecular weight excluding hydrogens is 599 g/mol. The molecule has 0 aromatic rings. The van der Waals surface area contributed by atoms with Gasteiger partial charge in [-0.05, 0) is 110 Å². The van der Waals surface area contributed by atoms with Crippen LogP contribution >= 0.6 is 0 Å². The van der Waals surface area contributed by atoms with Gasteiger partial charge in [0.2, 0.25) is 0 Å². The van der Waals surface area contributed by atoms with Gasteiger partial charge in [-0.1, -0.05) is 140 Å². The molecule has 0 aromatic carbocycles. The van der Waals surface area contributed by atoms with Crippen molar-refractivity contribution in [1.82, 2.24) is 4.90 Å². The molecule has 5 atom stereocenters. The lowest BCUT2D eigenvalue weighted by molar-refractivity contribution is -0.196. The highest BCUT2D eigenvalue weighted by Crippen LogP contribution is 2.55. The smallest absolute Gasteiger partial charge is 0.169 e. The molecule has 1 saturated heterocycles. The summed E-state index contributed by atoms with van der Waals surface area (Å²) in [7, 11) is 4.52. The summed E-state index contributed by atoms with van der Waals surface area (Å²) in [5.41, 5.74) is 0. The van der Waals surface area contributed by atoms with Gasteiger partial charge in [0, 0.05) is 24.8 Å². The van der Waals surface area contributed by atoms with Crippen LogP contribution in [0.15, 0.2) is 48.6 Å². The highest BCUT2D eigenvalue weighted by Gasteiger charge is 2.62. The van der Waals surface area contributed by atoms with Gasteiger partial charge in [-0.2, -0.15) is 0 Å². The fourth-order valence-electron chi connectivity index (χ4n) is 8.78. The van der Waals surface area contributed by atoms with Gasteiger partial charge in [0.25, 0.3) is 0 Å². The zero-order valence-electron chi connectivity index (χ0n) is 33.1. The fraction of sp³-hybridized carbons (Fsp3) is 0.826. The van der Waals surface area contributed by atoms with Crippen LogP contribution < -0.4 is 0 Å². The van der Waals surface area contributed by atoms with Crippen molar-refractivity contribution in [2.75, 3.05) is 14.1 Å². The van der Waals surface area contributed by atoms with E-state index in [2.05, 4.69) is 81.5 Å². The molecule has 3 heteroatoms. The highest BCUT2D eigenvalue weighted by molar-refractivity contribution is 5.09. The third-order valence-corrected chi connectivity index (χ3v) is 11.7. The molecule has 2 aliphatic carbocycles. The van der Waals surface area contributed by atoms with Crippen molar-refractivity contribution in [1.29, 1.82) is 0 Å². The maximum atomic E-state index is 7.06. The number of fused-ring (bicyclic) bond motifs is 5. The number of hydrogen-bond acceptors (Lipinski definition) is 3. The quantitative estimate of drug-likeness (QED) is 0.0538. The average Bonchev–Trinajstić information content (AvgIpc) is 3.79. The summed E-state index contributed by atoms with van der Waals surface area (Å²) in [6.07, 6.45) is 55.6. The first-order chi connectivity index (χ1) is 24.1. The second-order valence-electron chi connectivity index (χ2n) is 16.2. The number of nitrogens with zero attached hydrogens (tertiary/aromatic N) is 1. The number of rotatable bonds is 31. The molecule has 2 bridgehead atoms. The Morgan fingerprint density at radius 2 is 0.898 bits per heavy atom. The lowest BCUT2D eigenvalue weighted by atomic mass is 9.90. The SMILES string of the molecule is CCCCCC=CCC=CCCCCCCCCC1(CCCCCCCCC=CCC=CCCCCC)OC2C3CC(C2O1)C(N(C)C)C3. The average molecular weight is 680 g/mol. The monoisotopic (exact) mass is 680 g/mol. The molecule has 0 radical (unpaired) electrons. The van der Waals surface area contributed by atoms with Gasteiger partial charge in [0.05, 0.1) is 12.2 Å². The van der Waals surface area contributed by atoms with E-state index in [1.54, 1.807) is 0 Å². The van der Waals surface area contributed by atoms with E-state index in [1.807, 2.05) is 0 Å². The predicted molar refractivity (Wildman–Crippen MR) is 214 cm³/mol. The number of allylic oxidation sites excluding steroid dienone is 8. The molecule has 0 spiro atoms. The Bertz CT molecular complexity index is 870. The summed E-state index contributed by atoms with van der Waals surface area (Å²) in [6.45, 7) is 4.55. The molecule has 0 N–H and O–H groups in total. The first-order valence-corrected chi connectivity index (χ1v) is 21.7. The summed E-state index contributed by atoms with van der Waals surface area (Å²) in [4.78, 5) is 2.45. The van der Waals surface area contributed by atoms with Crippen molar-refractivity contribution in [2.24, 2.45) is 11.8 Å². The van der Waals surface area contributed by atoms with Gasteiger partial charge in [0.1, 0.15) is 0 Å². The van der Waals surface area contributed by atoms with Crippen LogP contribution in [0.4, 0.5) is 0 Å². The Morgan fingerprint density at radius 3 is 1.35 bits per heavy atom. The molecule has 0 amide bonds. The molecule has 3 rings (SSSR count). The minimum absolute atomic E-state index is 0.308. The maximum Gasteiger partial charge on any atom is 0.169 e. The topological polar surface area (TPSA) is 21.7 Å². The minimum atomic E-state index is -0.308. The normalized spacial score (nSPS) is 26.7. The Hall–Kier alpha value is -1.16. The molecule has 3 nitrogen and oxygen atoms in total. The second-order valence-corrected chi connectivity index (χ2v) is 16.2. The molecule has 2 saturated carbocycles. The largest absolute Gasteiger partial charge is 0.344 e. The van der Waals surface area contributed by atoms with Crippen molar-refractivity contribution in [2.45, 2.75) is 218 Å². The zero-order valence-corrected chi connectivity index (χ0v) is 33.1. The minimum Gasteiger partial charge on any atom is -0.344 e. The molecule has 0 aromatic heterocycles. The zero-order chi connectivity index (χ0) is 34.8. The van der Waals surface area contributed by atoms with Gasteiger partial charge < -0.3 is 14.4 Å². The molecule has 1 heterocycles. The maximum absolute atomic E-state index is 7.06. The van der Waals surface area contributed by atoms with E-state index in [9.17, 15) is 0 Å². The third-order valence-electron chi connectivity index (χ3n) is 11.7. The molecule has 3 aliphatic rings. The van der Waals surface area contributed by atoms with Gasteiger partial charge >= 0.3 is 0 Å². The molecular formula is C46H81NO2. The van der Waals surface area contributed by atoms with E-state index < -0.39 is 0 Å². The number of unbranched alkanes of at least 4 members (excludes halogenated alkanes) is 18. The third kappa shape index (κ3) is 16.8. The van der Waals surface area contributed by atoms with Crippen LogP contribution in [-0.2, 0) is 9.47 Å². The van der Waals surface area contributed by atoms with E-state index in [0.717, 1.165) is 25.7 Å². The van der Waals surface area contributed by atoms with Gasteiger partial charge in [-0.15, -0.1) is 0 Å². The molecule has 1 aliphatic heterocycles.